The molecule has 4 heteroatoms. The molecule has 2 aliphatic rings. The van der Waals surface area contributed by atoms with Crippen molar-refractivity contribution in [2.75, 3.05) is 0 Å². The zero-order valence-corrected chi connectivity index (χ0v) is 17.1. The molecule has 2 unspecified atom stereocenters. The minimum Gasteiger partial charge on any atom is -0.258 e. The Balaban J connectivity index is 2.08. The number of fused-ring (bicyclic) bond motifs is 2. The van der Waals surface area contributed by atoms with Gasteiger partial charge in [0.05, 0.1) is 26.5 Å². The lowest BCUT2D eigenvalue weighted by Crippen LogP contribution is -2.37. The topological polar surface area (TPSA) is 34.1 Å². The van der Waals surface area contributed by atoms with Crippen LogP contribution in [0.5, 0.6) is 0 Å². The average molecular weight is 365 g/mol. The van der Waals surface area contributed by atoms with Gasteiger partial charge in [-0.05, 0) is 40.5 Å². The van der Waals surface area contributed by atoms with E-state index >= 15 is 0 Å². The Hall–Kier alpha value is -0.740. The van der Waals surface area contributed by atoms with E-state index in [0.29, 0.717) is 0 Å². The summed E-state index contributed by atoms with van der Waals surface area (Å²) in [4.78, 5) is 0.859. The maximum absolute atomic E-state index is 13.2. The van der Waals surface area contributed by atoms with Crippen LogP contribution >= 0.6 is 0 Å². The van der Waals surface area contributed by atoms with Gasteiger partial charge in [0, 0.05) is 15.7 Å². The third kappa shape index (κ3) is 2.86. The third-order valence-electron chi connectivity index (χ3n) is 5.08. The molecule has 1 aromatic carbocycles. The molecule has 132 valence electrons. The number of hydrogen-bond donors (Lipinski definition) is 0. The van der Waals surface area contributed by atoms with Crippen LogP contribution in [0.25, 0.3) is 0 Å². The lowest BCUT2D eigenvalue weighted by atomic mass is 9.69. The summed E-state index contributed by atoms with van der Waals surface area (Å²) in [6.45, 7) is 13.3. The highest BCUT2D eigenvalue weighted by molar-refractivity contribution is 7.91. The number of hydrogen-bond acceptors (Lipinski definition) is 2. The second-order valence-corrected chi connectivity index (χ2v) is 12.4. The lowest BCUT2D eigenvalue weighted by Gasteiger charge is -2.37. The van der Waals surface area contributed by atoms with Gasteiger partial charge in [-0.15, -0.1) is 0 Å². The van der Waals surface area contributed by atoms with Crippen molar-refractivity contribution in [1.82, 2.24) is 0 Å². The summed E-state index contributed by atoms with van der Waals surface area (Å²) < 4.78 is 26.3. The van der Waals surface area contributed by atoms with Crippen molar-refractivity contribution in [3.63, 3.8) is 0 Å². The molecular formula is C20H28O2S2. The zero-order valence-electron chi connectivity index (χ0n) is 15.5. The fourth-order valence-electron chi connectivity index (χ4n) is 4.27. The summed E-state index contributed by atoms with van der Waals surface area (Å²) in [7, 11) is -2.05. The van der Waals surface area contributed by atoms with E-state index in [1.54, 1.807) is 0 Å². The monoisotopic (exact) mass is 364 g/mol. The van der Waals surface area contributed by atoms with Gasteiger partial charge >= 0.3 is 0 Å². The molecule has 2 bridgehead atoms. The van der Waals surface area contributed by atoms with Gasteiger partial charge in [-0.1, -0.05) is 59.7 Å². The molecule has 5 atom stereocenters. The Morgan fingerprint density at radius 1 is 0.958 bits per heavy atom. The van der Waals surface area contributed by atoms with Gasteiger partial charge in [-0.3, -0.25) is 8.42 Å². The number of benzene rings is 1. The normalized spacial score (nSPS) is 31.6. The summed E-state index contributed by atoms with van der Waals surface area (Å²) in [6, 6.07) is 9.65. The Bertz CT molecular complexity index is 720. The average Bonchev–Trinajstić information content (AvgIpc) is 2.97. The molecule has 0 N–H and O–H groups in total. The van der Waals surface area contributed by atoms with Crippen LogP contribution in [0.15, 0.2) is 46.4 Å². The van der Waals surface area contributed by atoms with Gasteiger partial charge in [0.1, 0.15) is 0 Å². The molecule has 1 saturated heterocycles. The molecule has 0 amide bonds. The molecule has 0 saturated carbocycles. The Kier molecular flexibility index (Phi) is 4.45. The quantitative estimate of drug-likeness (QED) is 0.726. The van der Waals surface area contributed by atoms with Crippen LogP contribution in [0.4, 0.5) is 0 Å². The molecule has 0 spiro atoms. The maximum atomic E-state index is 13.2. The van der Waals surface area contributed by atoms with Crippen molar-refractivity contribution in [2.24, 2.45) is 10.8 Å². The van der Waals surface area contributed by atoms with Crippen LogP contribution < -0.4 is 0 Å². The predicted molar refractivity (Wildman–Crippen MR) is 103 cm³/mol. The molecule has 0 aliphatic carbocycles. The maximum Gasteiger partial charge on any atom is 0.0719 e. The SMILES string of the molecule is CC(C)(C)C1=C(C(C)(C)C)[C@H]2[C@@H](S(=O)c3ccccc3)C[C@@H]1S2=O. The van der Waals surface area contributed by atoms with Crippen molar-refractivity contribution in [2.45, 2.75) is 68.6 Å². The van der Waals surface area contributed by atoms with Gasteiger partial charge in [0.15, 0.2) is 0 Å². The van der Waals surface area contributed by atoms with E-state index in [4.69, 9.17) is 0 Å². The summed E-state index contributed by atoms with van der Waals surface area (Å²) >= 11 is 0. The van der Waals surface area contributed by atoms with Crippen molar-refractivity contribution >= 4 is 21.6 Å². The standard InChI is InChI=1S/C20H28O2S2/c1-19(2,3)16-14-12-15(23(21)13-10-8-7-9-11-13)18(24(14)22)17(16)20(4,5)6/h7-11,14-15,18H,12H2,1-6H3/t14-,15-,18+,23?,24?/m0/s1. The van der Waals surface area contributed by atoms with Gasteiger partial charge in [0.25, 0.3) is 0 Å². The largest absolute Gasteiger partial charge is 0.258 e. The first kappa shape index (κ1) is 18.1. The molecule has 0 aromatic heterocycles. The molecule has 3 rings (SSSR count). The minimum atomic E-state index is -1.10. The summed E-state index contributed by atoms with van der Waals surface area (Å²) in [6.07, 6.45) is 0.783. The minimum absolute atomic E-state index is 0.0108. The highest BCUT2D eigenvalue weighted by atomic mass is 32.2. The summed E-state index contributed by atoms with van der Waals surface area (Å²) in [5, 5.41) is -0.0225. The molecule has 1 fully saturated rings. The Morgan fingerprint density at radius 3 is 2.00 bits per heavy atom. The van der Waals surface area contributed by atoms with E-state index in [9.17, 15) is 8.42 Å². The first-order chi connectivity index (χ1) is 11.0. The van der Waals surface area contributed by atoms with Crippen LogP contribution in [0.1, 0.15) is 48.0 Å². The highest BCUT2D eigenvalue weighted by Crippen LogP contribution is 2.55. The molecule has 1 aromatic rings. The molecule has 0 radical (unpaired) electrons. The summed E-state index contributed by atoms with van der Waals surface area (Å²) in [5.41, 5.74) is 2.63. The lowest BCUT2D eigenvalue weighted by molar-refractivity contribution is 0.411. The Labute approximate surface area is 151 Å². The first-order valence-electron chi connectivity index (χ1n) is 8.63. The van der Waals surface area contributed by atoms with E-state index in [1.165, 1.54) is 11.1 Å². The van der Waals surface area contributed by atoms with Crippen molar-refractivity contribution in [3.05, 3.63) is 41.5 Å². The van der Waals surface area contributed by atoms with Crippen LogP contribution in [-0.4, -0.2) is 24.2 Å². The van der Waals surface area contributed by atoms with Crippen LogP contribution in [0, 0.1) is 10.8 Å². The van der Waals surface area contributed by atoms with E-state index in [1.807, 2.05) is 30.3 Å². The fraction of sp³-hybridized carbons (Fsp3) is 0.600. The number of rotatable bonds is 2. The molecule has 2 aliphatic heterocycles. The smallest absolute Gasteiger partial charge is 0.0719 e. The second-order valence-electron chi connectivity index (χ2n) is 8.95. The van der Waals surface area contributed by atoms with Crippen LogP contribution in [0.3, 0.4) is 0 Å². The van der Waals surface area contributed by atoms with Crippen LogP contribution in [0.2, 0.25) is 0 Å². The van der Waals surface area contributed by atoms with Gasteiger partial charge in [-0.25, -0.2) is 0 Å². The first-order valence-corrected chi connectivity index (χ1v) is 11.1. The summed E-state index contributed by atoms with van der Waals surface area (Å²) in [5.74, 6) is 0. The highest BCUT2D eigenvalue weighted by Gasteiger charge is 2.57. The van der Waals surface area contributed by atoms with E-state index in [2.05, 4.69) is 41.5 Å². The second kappa shape index (κ2) is 5.91. The third-order valence-corrected chi connectivity index (χ3v) is 9.06. The molecule has 2 heterocycles. The van der Waals surface area contributed by atoms with E-state index in [0.717, 1.165) is 11.3 Å². The van der Waals surface area contributed by atoms with Crippen molar-refractivity contribution in [3.8, 4) is 0 Å². The van der Waals surface area contributed by atoms with Crippen LogP contribution in [-0.2, 0) is 21.6 Å². The van der Waals surface area contributed by atoms with Gasteiger partial charge in [0.2, 0.25) is 0 Å². The molecular weight excluding hydrogens is 336 g/mol. The Morgan fingerprint density at radius 2 is 1.50 bits per heavy atom. The predicted octanol–water partition coefficient (Wildman–Crippen LogP) is 4.45. The molecule has 24 heavy (non-hydrogen) atoms. The van der Waals surface area contributed by atoms with Crippen molar-refractivity contribution in [1.29, 1.82) is 0 Å². The van der Waals surface area contributed by atoms with Gasteiger partial charge in [-0.2, -0.15) is 0 Å². The van der Waals surface area contributed by atoms with E-state index in [-0.39, 0.29) is 26.6 Å². The zero-order chi connectivity index (χ0) is 17.9. The van der Waals surface area contributed by atoms with E-state index < -0.39 is 21.6 Å². The molecule has 2 nitrogen and oxygen atoms in total. The van der Waals surface area contributed by atoms with Gasteiger partial charge < -0.3 is 0 Å². The van der Waals surface area contributed by atoms with Crippen molar-refractivity contribution < 1.29 is 8.42 Å². The fourth-order valence-corrected chi connectivity index (χ4v) is 9.11.